The molecule has 0 aliphatic heterocycles. The summed E-state index contributed by atoms with van der Waals surface area (Å²) in [6.45, 7) is 2.24. The van der Waals surface area contributed by atoms with Crippen molar-refractivity contribution in [2.75, 3.05) is 5.32 Å². The second-order valence-corrected chi connectivity index (χ2v) is 5.41. The van der Waals surface area contributed by atoms with Gasteiger partial charge in [0.15, 0.2) is 0 Å². The van der Waals surface area contributed by atoms with Crippen molar-refractivity contribution >= 4 is 40.5 Å². The van der Waals surface area contributed by atoms with Crippen molar-refractivity contribution in [3.8, 4) is 0 Å². The van der Waals surface area contributed by atoms with Crippen LogP contribution < -0.4 is 5.32 Å². The molecule has 1 N–H and O–H groups in total. The van der Waals surface area contributed by atoms with Crippen LogP contribution in [0.5, 0.6) is 0 Å². The zero-order valence-corrected chi connectivity index (χ0v) is 10.6. The lowest BCUT2D eigenvalue weighted by Crippen LogP contribution is -2.33. The van der Waals surface area contributed by atoms with Gasteiger partial charge >= 0.3 is 0 Å². The Morgan fingerprint density at radius 2 is 1.67 bits per heavy atom. The molecular weight excluding hydrogens is 252 g/mol. The number of hydrogen-bond donors (Lipinski definition) is 1. The number of halogens is 3. The van der Waals surface area contributed by atoms with E-state index in [-0.39, 0.29) is 0 Å². The molecule has 0 saturated heterocycles. The third-order valence-electron chi connectivity index (χ3n) is 2.73. The number of hydrogen-bond acceptors (Lipinski definition) is 1. The van der Waals surface area contributed by atoms with Crippen LogP contribution in [0.25, 0.3) is 0 Å². The molecule has 0 aromatic heterocycles. The summed E-state index contributed by atoms with van der Waals surface area (Å²) in [7, 11) is 0. The first kappa shape index (κ1) is 11.4. The van der Waals surface area contributed by atoms with Gasteiger partial charge < -0.3 is 5.32 Å². The summed E-state index contributed by atoms with van der Waals surface area (Å²) in [5.41, 5.74) is 0.805. The highest BCUT2D eigenvalue weighted by molar-refractivity contribution is 6.41. The second-order valence-electron chi connectivity index (χ2n) is 4.16. The van der Waals surface area contributed by atoms with Crippen molar-refractivity contribution in [3.05, 3.63) is 27.2 Å². The molecule has 0 atom stereocenters. The Balaban J connectivity index is 2.14. The van der Waals surface area contributed by atoms with E-state index in [2.05, 4.69) is 12.2 Å². The highest BCUT2D eigenvalue weighted by atomic mass is 35.5. The van der Waals surface area contributed by atoms with Crippen molar-refractivity contribution in [3.63, 3.8) is 0 Å². The molecule has 0 unspecified atom stereocenters. The van der Waals surface area contributed by atoms with Gasteiger partial charge in [0.2, 0.25) is 0 Å². The Morgan fingerprint density at radius 1 is 1.13 bits per heavy atom. The van der Waals surface area contributed by atoms with Crippen molar-refractivity contribution in [2.45, 2.75) is 25.8 Å². The Hall–Kier alpha value is -0.110. The van der Waals surface area contributed by atoms with E-state index >= 15 is 0 Å². The predicted molar refractivity (Wildman–Crippen MR) is 67.3 cm³/mol. The molecule has 0 spiro atoms. The lowest BCUT2D eigenvalue weighted by molar-refractivity contribution is 0.309. The van der Waals surface area contributed by atoms with E-state index in [0.717, 1.165) is 11.6 Å². The highest BCUT2D eigenvalue weighted by Crippen LogP contribution is 2.37. The molecule has 1 fully saturated rings. The molecule has 82 valence electrons. The summed E-state index contributed by atoms with van der Waals surface area (Å²) >= 11 is 18.0. The smallest absolute Gasteiger partial charge is 0.0722 e. The monoisotopic (exact) mass is 263 g/mol. The third kappa shape index (κ3) is 2.52. The quantitative estimate of drug-likeness (QED) is 0.804. The van der Waals surface area contributed by atoms with Crippen LogP contribution in [-0.4, -0.2) is 6.04 Å². The summed E-state index contributed by atoms with van der Waals surface area (Å²) in [4.78, 5) is 0. The van der Waals surface area contributed by atoms with Crippen LogP contribution in [0.1, 0.15) is 19.8 Å². The molecule has 1 saturated carbocycles. The predicted octanol–water partition coefficient (Wildman–Crippen LogP) is 4.86. The fourth-order valence-corrected chi connectivity index (χ4v) is 2.83. The average Bonchev–Trinajstić information content (AvgIpc) is 2.07. The van der Waals surface area contributed by atoms with Crippen LogP contribution in [-0.2, 0) is 0 Å². The summed E-state index contributed by atoms with van der Waals surface area (Å²) in [6, 6.07) is 3.91. The number of nitrogens with one attached hydrogen (secondary N) is 1. The van der Waals surface area contributed by atoms with Gasteiger partial charge in [-0.2, -0.15) is 0 Å². The first-order valence-corrected chi connectivity index (χ1v) is 6.10. The molecule has 15 heavy (non-hydrogen) atoms. The molecule has 0 bridgehead atoms. The summed E-state index contributed by atoms with van der Waals surface area (Å²) in [5, 5.41) is 5.10. The van der Waals surface area contributed by atoms with Gasteiger partial charge in [0.1, 0.15) is 0 Å². The van der Waals surface area contributed by atoms with E-state index in [4.69, 9.17) is 34.8 Å². The Labute approximate surface area is 105 Å². The number of benzene rings is 1. The van der Waals surface area contributed by atoms with E-state index in [1.54, 1.807) is 12.1 Å². The number of rotatable bonds is 2. The zero-order valence-electron chi connectivity index (χ0n) is 8.36. The van der Waals surface area contributed by atoms with Crippen molar-refractivity contribution in [1.29, 1.82) is 0 Å². The minimum atomic E-state index is 0.496. The third-order valence-corrected chi connectivity index (χ3v) is 3.54. The molecule has 1 nitrogen and oxygen atoms in total. The molecule has 1 aromatic carbocycles. The van der Waals surface area contributed by atoms with Gasteiger partial charge in [0.05, 0.1) is 15.7 Å². The SMILES string of the molecule is CC1CC(Nc2c(Cl)cc(Cl)cc2Cl)C1. The standard InChI is InChI=1S/C11H12Cl3N/c1-6-2-8(3-6)15-11-9(13)4-7(12)5-10(11)14/h4-6,8,15H,2-3H2,1H3. The van der Waals surface area contributed by atoms with E-state index < -0.39 is 0 Å². The van der Waals surface area contributed by atoms with E-state index in [1.807, 2.05) is 0 Å². The van der Waals surface area contributed by atoms with Gasteiger partial charge in [-0.05, 0) is 30.9 Å². The Bertz CT molecular complexity index is 349. The van der Waals surface area contributed by atoms with Crippen molar-refractivity contribution in [2.24, 2.45) is 5.92 Å². The first-order valence-electron chi connectivity index (χ1n) is 4.97. The van der Waals surface area contributed by atoms with Crippen molar-refractivity contribution in [1.82, 2.24) is 0 Å². The van der Waals surface area contributed by atoms with Gasteiger partial charge in [0.25, 0.3) is 0 Å². The Morgan fingerprint density at radius 3 is 2.13 bits per heavy atom. The van der Waals surface area contributed by atoms with Gasteiger partial charge in [-0.3, -0.25) is 0 Å². The van der Waals surface area contributed by atoms with Gasteiger partial charge in [0, 0.05) is 11.1 Å². The minimum absolute atomic E-state index is 0.496. The van der Waals surface area contributed by atoms with E-state index in [0.29, 0.717) is 21.1 Å². The molecule has 4 heteroatoms. The molecule has 1 aliphatic carbocycles. The van der Waals surface area contributed by atoms with Crippen molar-refractivity contribution < 1.29 is 0 Å². The summed E-state index contributed by atoms with van der Waals surface area (Å²) in [5.74, 6) is 0.798. The van der Waals surface area contributed by atoms with Crippen LogP contribution in [0.2, 0.25) is 15.1 Å². The maximum Gasteiger partial charge on any atom is 0.0722 e. The van der Waals surface area contributed by atoms with Gasteiger partial charge in [-0.15, -0.1) is 0 Å². The number of anilines is 1. The van der Waals surface area contributed by atoms with Crippen LogP contribution in [0.15, 0.2) is 12.1 Å². The summed E-state index contributed by atoms with van der Waals surface area (Å²) < 4.78 is 0. The van der Waals surface area contributed by atoms with Gasteiger partial charge in [-0.25, -0.2) is 0 Å². The van der Waals surface area contributed by atoms with Crippen LogP contribution in [0.4, 0.5) is 5.69 Å². The zero-order chi connectivity index (χ0) is 11.0. The largest absolute Gasteiger partial charge is 0.380 e. The second kappa shape index (κ2) is 4.40. The fraction of sp³-hybridized carbons (Fsp3) is 0.455. The highest BCUT2D eigenvalue weighted by Gasteiger charge is 2.26. The normalized spacial score (nSPS) is 24.8. The van der Waals surface area contributed by atoms with Crippen LogP contribution >= 0.6 is 34.8 Å². The molecule has 1 aliphatic rings. The maximum absolute atomic E-state index is 6.06. The molecule has 0 heterocycles. The lowest BCUT2D eigenvalue weighted by atomic mass is 9.82. The molecule has 0 radical (unpaired) electrons. The molecular formula is C11H12Cl3N. The molecule has 0 amide bonds. The minimum Gasteiger partial charge on any atom is -0.380 e. The average molecular weight is 265 g/mol. The Kier molecular flexibility index (Phi) is 3.34. The first-order chi connectivity index (χ1) is 7.06. The van der Waals surface area contributed by atoms with E-state index in [9.17, 15) is 0 Å². The summed E-state index contributed by atoms with van der Waals surface area (Å²) in [6.07, 6.45) is 2.35. The van der Waals surface area contributed by atoms with Gasteiger partial charge in [-0.1, -0.05) is 41.7 Å². The molecule has 2 rings (SSSR count). The lowest BCUT2D eigenvalue weighted by Gasteiger charge is -2.34. The van der Waals surface area contributed by atoms with Crippen LogP contribution in [0.3, 0.4) is 0 Å². The van der Waals surface area contributed by atoms with Crippen LogP contribution in [0, 0.1) is 5.92 Å². The van der Waals surface area contributed by atoms with E-state index in [1.165, 1.54) is 12.8 Å². The topological polar surface area (TPSA) is 12.0 Å². The fourth-order valence-electron chi connectivity index (χ4n) is 1.90. The maximum atomic E-state index is 6.06. The molecule has 1 aromatic rings.